The molecule has 9 nitrogen and oxygen atoms in total. The number of rotatable bonds is 6. The Kier molecular flexibility index (Phi) is 6.03. The predicted octanol–water partition coefficient (Wildman–Crippen LogP) is 3.02. The van der Waals surface area contributed by atoms with Crippen LogP contribution in [0.25, 0.3) is 21.8 Å². The number of hydrogen-bond acceptors (Lipinski definition) is 7. The predicted molar refractivity (Wildman–Crippen MR) is 127 cm³/mol. The van der Waals surface area contributed by atoms with Crippen LogP contribution in [-0.4, -0.2) is 35.4 Å². The number of fused-ring (bicyclic) bond motifs is 2. The molecule has 5 rings (SSSR count). The smallest absolute Gasteiger partial charge is 0.370 e. The van der Waals surface area contributed by atoms with E-state index in [-0.39, 0.29) is 12.8 Å². The van der Waals surface area contributed by atoms with E-state index in [1.807, 2.05) is 41.9 Å². The molecule has 2 heterocycles. The van der Waals surface area contributed by atoms with Gasteiger partial charge in [0.25, 0.3) is 11.8 Å². The van der Waals surface area contributed by atoms with E-state index >= 15 is 0 Å². The van der Waals surface area contributed by atoms with Crippen molar-refractivity contribution >= 4 is 45.6 Å². The normalized spacial score (nSPS) is 13.3. The summed E-state index contributed by atoms with van der Waals surface area (Å²) < 4.78 is 13.2. The standard InChI is InChI=1S/C27H21N2O7/c1-28-21-10-6-5-9-19(21)26(27(33)35-17-7-3-2-4-8-17)20-15-18(11-12-22(20)28)34-16-25(32)36-29-23(30)13-14-24(29)31/h2-12,15H,13-14,16H2,1H3/q+1. The highest BCUT2D eigenvalue weighted by atomic mass is 16.7. The third kappa shape index (κ3) is 4.34. The molecule has 0 saturated carbocycles. The first-order valence-electron chi connectivity index (χ1n) is 11.2. The van der Waals surface area contributed by atoms with Gasteiger partial charge in [0.05, 0.1) is 16.3 Å². The number of amides is 2. The summed E-state index contributed by atoms with van der Waals surface area (Å²) in [6.07, 6.45) is 0.00888. The Hall–Kier alpha value is -4.79. The second-order valence-electron chi connectivity index (χ2n) is 8.17. The SMILES string of the molecule is C[n+]1c2ccccc2c(C(=O)Oc2ccccc2)c2cc(OCC(=O)ON3C(=O)CCC3=O)ccc21. The molecule has 9 heteroatoms. The number of hydroxylamine groups is 2. The lowest BCUT2D eigenvalue weighted by Gasteiger charge is -2.14. The highest BCUT2D eigenvalue weighted by Crippen LogP contribution is 2.29. The van der Waals surface area contributed by atoms with E-state index in [0.29, 0.717) is 32.9 Å². The van der Waals surface area contributed by atoms with Crippen LogP contribution in [0.15, 0.2) is 72.8 Å². The van der Waals surface area contributed by atoms with Gasteiger partial charge < -0.3 is 14.3 Å². The number of aromatic nitrogens is 1. The molecular weight excluding hydrogens is 464 g/mol. The summed E-state index contributed by atoms with van der Waals surface area (Å²) in [7, 11) is 1.89. The van der Waals surface area contributed by atoms with Crippen LogP contribution in [0, 0.1) is 0 Å². The molecule has 36 heavy (non-hydrogen) atoms. The van der Waals surface area contributed by atoms with Gasteiger partial charge in [-0.05, 0) is 30.3 Å². The number of nitrogens with zero attached hydrogens (tertiary/aromatic N) is 2. The molecule has 0 spiro atoms. The van der Waals surface area contributed by atoms with Gasteiger partial charge in [0.15, 0.2) is 6.61 Å². The Morgan fingerprint density at radius 1 is 0.833 bits per heavy atom. The lowest BCUT2D eigenvalue weighted by molar-refractivity contribution is -0.617. The van der Waals surface area contributed by atoms with Crippen LogP contribution < -0.4 is 14.0 Å². The van der Waals surface area contributed by atoms with Crippen molar-refractivity contribution < 1.29 is 38.1 Å². The van der Waals surface area contributed by atoms with Crippen LogP contribution >= 0.6 is 0 Å². The van der Waals surface area contributed by atoms with Crippen molar-refractivity contribution in [2.75, 3.05) is 6.61 Å². The quantitative estimate of drug-likeness (QED) is 0.136. The second kappa shape index (κ2) is 9.46. The number of carbonyl (C=O) groups excluding carboxylic acids is 4. The Balaban J connectivity index is 1.48. The van der Waals surface area contributed by atoms with E-state index in [2.05, 4.69) is 0 Å². The van der Waals surface area contributed by atoms with Crippen molar-refractivity contribution in [2.24, 2.45) is 7.05 Å². The number of esters is 1. The first-order chi connectivity index (χ1) is 17.4. The molecule has 0 atom stereocenters. The van der Waals surface area contributed by atoms with Crippen molar-refractivity contribution in [3.05, 3.63) is 78.4 Å². The number of carbonyl (C=O) groups is 4. The van der Waals surface area contributed by atoms with Crippen molar-refractivity contribution in [3.63, 3.8) is 0 Å². The summed E-state index contributed by atoms with van der Waals surface area (Å²) in [4.78, 5) is 53.7. The topological polar surface area (TPSA) is 103 Å². The third-order valence-corrected chi connectivity index (χ3v) is 5.85. The summed E-state index contributed by atoms with van der Waals surface area (Å²) in [5.41, 5.74) is 1.93. The van der Waals surface area contributed by atoms with Crippen molar-refractivity contribution in [3.8, 4) is 11.5 Å². The zero-order valence-corrected chi connectivity index (χ0v) is 19.3. The molecule has 1 fully saturated rings. The maximum absolute atomic E-state index is 13.4. The van der Waals surface area contributed by atoms with Gasteiger partial charge in [-0.25, -0.2) is 9.59 Å². The fourth-order valence-electron chi connectivity index (χ4n) is 4.14. The molecule has 1 aromatic heterocycles. The molecule has 0 unspecified atom stereocenters. The molecule has 1 aliphatic rings. The van der Waals surface area contributed by atoms with Gasteiger partial charge in [0, 0.05) is 25.0 Å². The number of benzene rings is 3. The first kappa shape index (κ1) is 23.0. The maximum atomic E-state index is 13.4. The Morgan fingerprint density at radius 2 is 1.50 bits per heavy atom. The van der Waals surface area contributed by atoms with Crippen molar-refractivity contribution in [1.29, 1.82) is 0 Å². The number of para-hydroxylation sites is 2. The Morgan fingerprint density at radius 3 is 2.25 bits per heavy atom. The Labute approximate surface area is 205 Å². The van der Waals surface area contributed by atoms with Gasteiger partial charge in [-0.3, -0.25) is 9.59 Å². The molecule has 0 N–H and O–H groups in total. The first-order valence-corrected chi connectivity index (χ1v) is 11.2. The summed E-state index contributed by atoms with van der Waals surface area (Å²) in [5.74, 6) is -1.87. The lowest BCUT2D eigenvalue weighted by atomic mass is 10.0. The maximum Gasteiger partial charge on any atom is 0.370 e. The van der Waals surface area contributed by atoms with Gasteiger partial charge in [-0.2, -0.15) is 4.57 Å². The number of hydrogen-bond donors (Lipinski definition) is 0. The molecule has 1 saturated heterocycles. The number of imide groups is 1. The van der Waals surface area contributed by atoms with Gasteiger partial charge >= 0.3 is 11.9 Å². The minimum Gasteiger partial charge on any atom is -0.482 e. The minimum absolute atomic E-state index is 0.00444. The number of aryl methyl sites for hydroxylation is 1. The molecule has 2 amide bonds. The zero-order chi connectivity index (χ0) is 25.2. The van der Waals surface area contributed by atoms with Crippen LogP contribution in [0.5, 0.6) is 11.5 Å². The van der Waals surface area contributed by atoms with Crippen LogP contribution in [0.2, 0.25) is 0 Å². The van der Waals surface area contributed by atoms with Gasteiger partial charge in [-0.1, -0.05) is 30.3 Å². The van der Waals surface area contributed by atoms with E-state index in [9.17, 15) is 19.2 Å². The molecule has 1 aliphatic heterocycles. The summed E-state index contributed by atoms with van der Waals surface area (Å²) >= 11 is 0. The molecule has 4 aromatic rings. The van der Waals surface area contributed by atoms with Gasteiger partial charge in [0.2, 0.25) is 11.0 Å². The second-order valence-corrected chi connectivity index (χ2v) is 8.17. The molecule has 3 aromatic carbocycles. The van der Waals surface area contributed by atoms with Crippen LogP contribution in [0.3, 0.4) is 0 Å². The zero-order valence-electron chi connectivity index (χ0n) is 19.3. The van der Waals surface area contributed by atoms with E-state index in [1.165, 1.54) is 0 Å². The monoisotopic (exact) mass is 485 g/mol. The molecule has 0 aliphatic carbocycles. The molecule has 0 radical (unpaired) electrons. The van der Waals surface area contributed by atoms with E-state index in [0.717, 1.165) is 11.0 Å². The minimum atomic E-state index is -0.897. The Bertz CT molecular complexity index is 1520. The van der Waals surface area contributed by atoms with E-state index in [1.54, 1.807) is 42.5 Å². The third-order valence-electron chi connectivity index (χ3n) is 5.85. The molecule has 180 valence electrons. The van der Waals surface area contributed by atoms with Crippen molar-refractivity contribution in [1.82, 2.24) is 5.06 Å². The fourth-order valence-corrected chi connectivity index (χ4v) is 4.14. The largest absolute Gasteiger partial charge is 0.482 e. The van der Waals surface area contributed by atoms with Gasteiger partial charge in [0.1, 0.15) is 18.5 Å². The number of pyridine rings is 1. The lowest BCUT2D eigenvalue weighted by Crippen LogP contribution is -2.34. The van der Waals surface area contributed by atoms with E-state index < -0.39 is 30.4 Å². The fraction of sp³-hybridized carbons (Fsp3) is 0.148. The van der Waals surface area contributed by atoms with Crippen molar-refractivity contribution in [2.45, 2.75) is 12.8 Å². The summed E-state index contributed by atoms with van der Waals surface area (Å²) in [6.45, 7) is -0.536. The molecular formula is C27H21N2O7+. The van der Waals surface area contributed by atoms with Crippen LogP contribution in [0.1, 0.15) is 23.2 Å². The summed E-state index contributed by atoms with van der Waals surface area (Å²) in [6, 6.07) is 21.3. The average Bonchev–Trinajstić information content (AvgIpc) is 3.20. The molecule has 0 bridgehead atoms. The highest BCUT2D eigenvalue weighted by molar-refractivity contribution is 6.13. The van der Waals surface area contributed by atoms with Crippen LogP contribution in [-0.2, 0) is 26.3 Å². The van der Waals surface area contributed by atoms with Crippen LogP contribution in [0.4, 0.5) is 0 Å². The highest BCUT2D eigenvalue weighted by Gasteiger charge is 2.33. The summed E-state index contributed by atoms with van der Waals surface area (Å²) in [5, 5.41) is 1.72. The van der Waals surface area contributed by atoms with Gasteiger partial charge in [-0.15, -0.1) is 5.06 Å². The number of ether oxygens (including phenoxy) is 2. The van der Waals surface area contributed by atoms with E-state index in [4.69, 9.17) is 14.3 Å². The average molecular weight is 485 g/mol.